The molecule has 3 heterocycles. The minimum Gasteiger partial charge on any atom is -0.434 e. The highest BCUT2D eigenvalue weighted by molar-refractivity contribution is 5.70. The van der Waals surface area contributed by atoms with Crippen molar-refractivity contribution >= 4 is 11.7 Å². The Morgan fingerprint density at radius 1 is 1.32 bits per heavy atom. The lowest BCUT2D eigenvalue weighted by Gasteiger charge is -2.21. The van der Waals surface area contributed by atoms with Crippen molar-refractivity contribution in [1.29, 1.82) is 0 Å². The van der Waals surface area contributed by atoms with Crippen LogP contribution in [0.25, 0.3) is 22.7 Å². The van der Waals surface area contributed by atoms with Crippen LogP contribution >= 0.6 is 0 Å². The second-order valence-electron chi connectivity index (χ2n) is 7.07. The Kier molecular flexibility index (Phi) is 5.92. The number of rotatable bonds is 6. The summed E-state index contributed by atoms with van der Waals surface area (Å²) in [6.45, 7) is 4.02. The highest BCUT2D eigenvalue weighted by atomic mass is 19.1. The van der Waals surface area contributed by atoms with Gasteiger partial charge in [-0.2, -0.15) is 0 Å². The number of aryl methyl sites for hydroxylation is 1. The van der Waals surface area contributed by atoms with E-state index < -0.39 is 18.1 Å². The van der Waals surface area contributed by atoms with Crippen LogP contribution in [0, 0.1) is 12.7 Å². The van der Waals surface area contributed by atoms with E-state index in [9.17, 15) is 9.18 Å². The third kappa shape index (κ3) is 4.54. The van der Waals surface area contributed by atoms with E-state index in [4.69, 9.17) is 19.6 Å². The second kappa shape index (κ2) is 8.78. The number of esters is 1. The third-order valence-corrected chi connectivity index (χ3v) is 4.85. The number of carbonyl (C=O) groups is 1. The van der Waals surface area contributed by atoms with Crippen molar-refractivity contribution < 1.29 is 23.1 Å². The standard InChI is InChI=1S/C21H22FN5O4/c1-12-25-26-21(29-12)18-6-3-14(10-24-18)16-5-4-15(9-17(16)22)27-11-20(30-13(27)2)31-19(28)7-8-23/h3-6,9-10,13,20H,7-8,11,23H2,1-2H3/t13-,20?/m1/s1. The summed E-state index contributed by atoms with van der Waals surface area (Å²) in [5.41, 5.74) is 7.51. The normalized spacial score (nSPS) is 18.4. The van der Waals surface area contributed by atoms with Gasteiger partial charge in [-0.05, 0) is 31.2 Å². The molecule has 31 heavy (non-hydrogen) atoms. The van der Waals surface area contributed by atoms with Crippen LogP contribution in [-0.2, 0) is 14.3 Å². The zero-order chi connectivity index (χ0) is 22.0. The number of pyridine rings is 1. The van der Waals surface area contributed by atoms with Crippen molar-refractivity contribution in [3.05, 3.63) is 48.2 Å². The maximum Gasteiger partial charge on any atom is 0.309 e. The smallest absolute Gasteiger partial charge is 0.309 e. The van der Waals surface area contributed by atoms with Crippen LogP contribution in [0.15, 0.2) is 40.9 Å². The fourth-order valence-corrected chi connectivity index (χ4v) is 3.35. The summed E-state index contributed by atoms with van der Waals surface area (Å²) >= 11 is 0. The molecule has 0 bridgehead atoms. The van der Waals surface area contributed by atoms with Crippen molar-refractivity contribution in [2.45, 2.75) is 32.8 Å². The number of nitrogens with two attached hydrogens (primary N) is 1. The number of hydrogen-bond acceptors (Lipinski definition) is 9. The molecular formula is C21H22FN5O4. The lowest BCUT2D eigenvalue weighted by molar-refractivity contribution is -0.172. The number of anilines is 1. The van der Waals surface area contributed by atoms with Crippen molar-refractivity contribution in [2.75, 3.05) is 18.0 Å². The zero-order valence-corrected chi connectivity index (χ0v) is 17.1. The summed E-state index contributed by atoms with van der Waals surface area (Å²) in [5, 5.41) is 7.70. The molecule has 2 N–H and O–H groups in total. The minimum absolute atomic E-state index is 0.122. The summed E-state index contributed by atoms with van der Waals surface area (Å²) in [6.07, 6.45) is 0.583. The van der Waals surface area contributed by atoms with E-state index in [0.29, 0.717) is 40.8 Å². The Labute approximate surface area is 178 Å². The van der Waals surface area contributed by atoms with Crippen LogP contribution in [0.5, 0.6) is 0 Å². The Balaban J connectivity index is 1.49. The first-order valence-electron chi connectivity index (χ1n) is 9.82. The minimum atomic E-state index is -0.720. The van der Waals surface area contributed by atoms with Gasteiger partial charge in [-0.25, -0.2) is 4.39 Å². The monoisotopic (exact) mass is 427 g/mol. The molecule has 9 nitrogen and oxygen atoms in total. The molecule has 10 heteroatoms. The SMILES string of the molecule is Cc1nnc(-c2ccc(-c3ccc(N4CC(OC(=O)CCN)O[C@@H]4C)cc3F)cn2)o1. The van der Waals surface area contributed by atoms with Gasteiger partial charge in [0.05, 0.1) is 13.0 Å². The zero-order valence-electron chi connectivity index (χ0n) is 17.1. The van der Waals surface area contributed by atoms with Crippen LogP contribution < -0.4 is 10.6 Å². The van der Waals surface area contributed by atoms with Crippen LogP contribution in [0.3, 0.4) is 0 Å². The van der Waals surface area contributed by atoms with E-state index in [1.807, 2.05) is 11.8 Å². The van der Waals surface area contributed by atoms with Crippen LogP contribution in [0.2, 0.25) is 0 Å². The largest absolute Gasteiger partial charge is 0.434 e. The van der Waals surface area contributed by atoms with Gasteiger partial charge >= 0.3 is 5.97 Å². The molecule has 1 aromatic carbocycles. The van der Waals surface area contributed by atoms with Gasteiger partial charge in [-0.1, -0.05) is 6.07 Å². The van der Waals surface area contributed by atoms with Gasteiger partial charge in [0.1, 0.15) is 17.7 Å². The van der Waals surface area contributed by atoms with Gasteiger partial charge in [-0.15, -0.1) is 10.2 Å². The number of ether oxygens (including phenoxy) is 2. The Hall–Kier alpha value is -3.37. The highest BCUT2D eigenvalue weighted by Crippen LogP contribution is 2.31. The Morgan fingerprint density at radius 3 is 2.81 bits per heavy atom. The second-order valence-corrected chi connectivity index (χ2v) is 7.07. The average molecular weight is 427 g/mol. The molecule has 0 saturated carbocycles. The molecule has 1 unspecified atom stereocenters. The summed E-state index contributed by atoms with van der Waals surface area (Å²) in [7, 11) is 0. The van der Waals surface area contributed by atoms with E-state index >= 15 is 0 Å². The molecule has 0 aliphatic carbocycles. The average Bonchev–Trinajstić information content (AvgIpc) is 3.33. The maximum atomic E-state index is 14.9. The molecule has 0 amide bonds. The fourth-order valence-electron chi connectivity index (χ4n) is 3.35. The molecule has 0 spiro atoms. The topological polar surface area (TPSA) is 117 Å². The Morgan fingerprint density at radius 2 is 2.16 bits per heavy atom. The van der Waals surface area contributed by atoms with Crippen LogP contribution in [-0.4, -0.2) is 46.8 Å². The van der Waals surface area contributed by atoms with Gasteiger partial charge in [0.25, 0.3) is 5.89 Å². The van der Waals surface area contributed by atoms with Crippen molar-refractivity contribution in [1.82, 2.24) is 15.2 Å². The van der Waals surface area contributed by atoms with Crippen LogP contribution in [0.1, 0.15) is 19.2 Å². The molecule has 2 atom stereocenters. The maximum absolute atomic E-state index is 14.9. The molecule has 162 valence electrons. The quantitative estimate of drug-likeness (QED) is 0.593. The van der Waals surface area contributed by atoms with Crippen LogP contribution in [0.4, 0.5) is 10.1 Å². The van der Waals surface area contributed by atoms with Gasteiger partial charge in [0.15, 0.2) is 0 Å². The number of halogens is 1. The first-order valence-corrected chi connectivity index (χ1v) is 9.82. The highest BCUT2D eigenvalue weighted by Gasteiger charge is 2.32. The molecule has 0 radical (unpaired) electrons. The van der Waals surface area contributed by atoms with E-state index in [2.05, 4.69) is 15.2 Å². The summed E-state index contributed by atoms with van der Waals surface area (Å²) < 4.78 is 31.2. The number of carbonyl (C=O) groups excluding carboxylic acids is 1. The lowest BCUT2D eigenvalue weighted by Crippen LogP contribution is -2.28. The molecule has 2 aromatic heterocycles. The van der Waals surface area contributed by atoms with Gasteiger partial charge < -0.3 is 24.5 Å². The summed E-state index contributed by atoms with van der Waals surface area (Å²) in [6, 6.07) is 8.34. The van der Waals surface area contributed by atoms with Gasteiger partial charge in [0, 0.05) is 36.5 Å². The lowest BCUT2D eigenvalue weighted by atomic mass is 10.1. The van der Waals surface area contributed by atoms with E-state index in [1.165, 1.54) is 6.07 Å². The van der Waals surface area contributed by atoms with Gasteiger partial charge in [-0.3, -0.25) is 9.78 Å². The number of hydrogen-bond donors (Lipinski definition) is 1. The van der Waals surface area contributed by atoms with Gasteiger partial charge in [0.2, 0.25) is 12.2 Å². The molecular weight excluding hydrogens is 405 g/mol. The molecule has 3 aromatic rings. The van der Waals surface area contributed by atoms with E-state index in [1.54, 1.807) is 37.4 Å². The van der Waals surface area contributed by atoms with Crippen molar-refractivity contribution in [3.63, 3.8) is 0 Å². The molecule has 4 rings (SSSR count). The summed E-state index contributed by atoms with van der Waals surface area (Å²) in [4.78, 5) is 17.8. The molecule has 1 aliphatic rings. The van der Waals surface area contributed by atoms with E-state index in [0.717, 1.165) is 0 Å². The summed E-state index contributed by atoms with van der Waals surface area (Å²) in [5.74, 6) is -0.0743. The molecule has 1 saturated heterocycles. The fraction of sp³-hybridized carbons (Fsp3) is 0.333. The number of nitrogens with zero attached hydrogens (tertiary/aromatic N) is 4. The van der Waals surface area contributed by atoms with Crippen molar-refractivity contribution in [2.24, 2.45) is 5.73 Å². The first kappa shape index (κ1) is 20.9. The predicted molar refractivity (Wildman–Crippen MR) is 109 cm³/mol. The van der Waals surface area contributed by atoms with Crippen molar-refractivity contribution in [3.8, 4) is 22.7 Å². The molecule has 1 aliphatic heterocycles. The van der Waals surface area contributed by atoms with E-state index in [-0.39, 0.29) is 19.2 Å². The number of aromatic nitrogens is 3. The number of benzene rings is 1. The Bertz CT molecular complexity index is 1070. The molecule has 1 fully saturated rings. The third-order valence-electron chi connectivity index (χ3n) is 4.85. The predicted octanol–water partition coefficient (Wildman–Crippen LogP) is 2.65. The first-order chi connectivity index (χ1) is 14.9.